The number of allylic oxidation sites excluding steroid dienone is 1. The Bertz CT molecular complexity index is 735. The monoisotopic (exact) mass is 317 g/mol. The number of nitrogens with two attached hydrogens (primary N) is 2. The average molecular weight is 317 g/mol. The van der Waals surface area contributed by atoms with Gasteiger partial charge < -0.3 is 16.8 Å². The van der Waals surface area contributed by atoms with E-state index < -0.39 is 22.7 Å². The lowest BCUT2D eigenvalue weighted by Gasteiger charge is -2.31. The summed E-state index contributed by atoms with van der Waals surface area (Å²) in [6, 6.07) is 7.41. The zero-order valence-electron chi connectivity index (χ0n) is 11.1. The molecule has 0 unspecified atom stereocenters. The molecule has 9 heteroatoms. The highest BCUT2D eigenvalue weighted by molar-refractivity contribution is 7.80. The number of hydrogen-bond donors (Lipinski definition) is 3. The molecule has 0 spiro atoms. The number of nitrogens with one attached hydrogen (secondary N) is 1. The first-order valence-electron chi connectivity index (χ1n) is 6.11. The Balaban J connectivity index is 2.57. The molecule has 1 aliphatic rings. The maximum atomic E-state index is 11.7. The number of benzene rings is 1. The van der Waals surface area contributed by atoms with Crippen molar-refractivity contribution in [3.63, 3.8) is 0 Å². The summed E-state index contributed by atoms with van der Waals surface area (Å²) in [6.45, 7) is 0. The van der Waals surface area contributed by atoms with Crippen LogP contribution in [0.4, 0.5) is 5.69 Å². The molecule has 0 saturated heterocycles. The number of carbonyl (C=O) groups excluding carboxylic acids is 1. The molecule has 2 atom stereocenters. The van der Waals surface area contributed by atoms with E-state index in [1.165, 1.54) is 24.3 Å². The van der Waals surface area contributed by atoms with Gasteiger partial charge in [-0.25, -0.2) is 0 Å². The molecule has 1 amide bonds. The molecule has 1 aliphatic heterocycles. The third-order valence-electron chi connectivity index (χ3n) is 3.36. The Morgan fingerprint density at radius 3 is 2.45 bits per heavy atom. The Morgan fingerprint density at radius 2 is 2.00 bits per heavy atom. The fraction of sp³-hybridized carbons (Fsp3) is 0.154. The largest absolute Gasteiger partial charge is 0.384 e. The third-order valence-corrected chi connectivity index (χ3v) is 3.72. The molecule has 5 N–H and O–H groups in total. The number of nitro benzene ring substituents is 1. The first kappa shape index (κ1) is 15.4. The van der Waals surface area contributed by atoms with Crippen LogP contribution in [-0.4, -0.2) is 15.8 Å². The van der Waals surface area contributed by atoms with Crippen LogP contribution in [0.15, 0.2) is 35.7 Å². The zero-order valence-corrected chi connectivity index (χ0v) is 12.0. The van der Waals surface area contributed by atoms with Gasteiger partial charge in [-0.3, -0.25) is 14.9 Å². The lowest BCUT2D eigenvalue weighted by molar-refractivity contribution is -0.384. The van der Waals surface area contributed by atoms with E-state index >= 15 is 0 Å². The Kier molecular flexibility index (Phi) is 4.05. The van der Waals surface area contributed by atoms with E-state index in [4.69, 9.17) is 23.7 Å². The summed E-state index contributed by atoms with van der Waals surface area (Å²) in [5, 5.41) is 22.6. The minimum atomic E-state index is -0.946. The van der Waals surface area contributed by atoms with Crippen molar-refractivity contribution in [3.05, 3.63) is 51.3 Å². The van der Waals surface area contributed by atoms with Crippen molar-refractivity contribution in [3.8, 4) is 6.07 Å². The second-order valence-electron chi connectivity index (χ2n) is 4.63. The smallest absolute Gasteiger partial charge is 0.269 e. The van der Waals surface area contributed by atoms with Gasteiger partial charge in [-0.1, -0.05) is 24.4 Å². The molecule has 0 radical (unpaired) electrons. The lowest BCUT2D eigenvalue weighted by Crippen LogP contribution is -2.47. The molecule has 1 aromatic carbocycles. The Labute approximate surface area is 130 Å². The predicted molar refractivity (Wildman–Crippen MR) is 81.1 cm³/mol. The third kappa shape index (κ3) is 2.59. The van der Waals surface area contributed by atoms with E-state index in [2.05, 4.69) is 5.32 Å². The topological polar surface area (TPSA) is 148 Å². The molecule has 0 fully saturated rings. The number of amides is 1. The van der Waals surface area contributed by atoms with Gasteiger partial charge in [-0.05, 0) is 5.56 Å². The maximum absolute atomic E-state index is 11.7. The first-order valence-corrected chi connectivity index (χ1v) is 6.52. The lowest BCUT2D eigenvalue weighted by atomic mass is 9.78. The van der Waals surface area contributed by atoms with E-state index in [0.717, 1.165) is 0 Å². The van der Waals surface area contributed by atoms with Gasteiger partial charge in [0.25, 0.3) is 5.69 Å². The van der Waals surface area contributed by atoms with E-state index in [1.807, 2.05) is 6.07 Å². The van der Waals surface area contributed by atoms with Gasteiger partial charge in [0.05, 0.1) is 21.6 Å². The van der Waals surface area contributed by atoms with Gasteiger partial charge in [-0.2, -0.15) is 5.26 Å². The molecule has 112 valence electrons. The summed E-state index contributed by atoms with van der Waals surface area (Å²) in [4.78, 5) is 22.0. The van der Waals surface area contributed by atoms with Crippen LogP contribution in [0.3, 0.4) is 0 Å². The molecule has 0 saturated carbocycles. The summed E-state index contributed by atoms with van der Waals surface area (Å²) in [5.41, 5.74) is 11.6. The molecule has 8 nitrogen and oxygen atoms in total. The van der Waals surface area contributed by atoms with E-state index in [-0.39, 0.29) is 22.1 Å². The molecule has 1 aromatic rings. The average Bonchev–Trinajstić information content (AvgIpc) is 2.46. The quantitative estimate of drug-likeness (QED) is 0.415. The minimum absolute atomic E-state index is 0.0494. The summed E-state index contributed by atoms with van der Waals surface area (Å²) in [6.07, 6.45) is 0. The van der Waals surface area contributed by atoms with Crippen LogP contribution in [0.1, 0.15) is 11.5 Å². The van der Waals surface area contributed by atoms with Gasteiger partial charge in [0.1, 0.15) is 11.7 Å². The number of carbonyl (C=O) groups is 1. The SMILES string of the molecule is N#CC1=C(N)NC(=S)[C@H](C(N)=O)[C@H]1c1ccc([N+](=O)[O-])cc1. The summed E-state index contributed by atoms with van der Waals surface area (Å²) in [7, 11) is 0. The number of thiocarbonyl (C=S) groups is 1. The second kappa shape index (κ2) is 5.79. The van der Waals surface area contributed by atoms with E-state index in [9.17, 15) is 20.2 Å². The number of nitrogens with zero attached hydrogens (tertiary/aromatic N) is 2. The number of rotatable bonds is 3. The van der Waals surface area contributed by atoms with E-state index in [1.54, 1.807) is 0 Å². The van der Waals surface area contributed by atoms with Gasteiger partial charge in [0.15, 0.2) is 0 Å². The summed E-state index contributed by atoms with van der Waals surface area (Å²) in [5.74, 6) is -2.37. The molecular weight excluding hydrogens is 306 g/mol. The molecule has 1 heterocycles. The predicted octanol–water partition coefficient (Wildman–Crippen LogP) is 0.404. The van der Waals surface area contributed by atoms with Crippen LogP contribution in [0.2, 0.25) is 0 Å². The molecule has 0 aliphatic carbocycles. The highest BCUT2D eigenvalue weighted by atomic mass is 32.1. The maximum Gasteiger partial charge on any atom is 0.269 e. The molecule has 0 bridgehead atoms. The normalized spacial score (nSPS) is 21.0. The van der Waals surface area contributed by atoms with Crippen LogP contribution in [0.25, 0.3) is 0 Å². The van der Waals surface area contributed by atoms with Crippen molar-refractivity contribution in [1.29, 1.82) is 5.26 Å². The van der Waals surface area contributed by atoms with Gasteiger partial charge in [0.2, 0.25) is 5.91 Å². The number of non-ortho nitro benzene ring substituents is 1. The zero-order chi connectivity index (χ0) is 16.4. The number of nitro groups is 1. The van der Waals surface area contributed by atoms with Crippen LogP contribution >= 0.6 is 12.2 Å². The standard InChI is InChI=1S/C13H11N5O3S/c14-5-8-9(6-1-3-7(4-2-6)18(20)21)10(12(16)19)13(22)17-11(8)15/h1-4,9-10H,15H2,(H2,16,19)(H,17,22)/t9-,10-/m0/s1. The fourth-order valence-electron chi connectivity index (χ4n) is 2.35. The molecule has 22 heavy (non-hydrogen) atoms. The van der Waals surface area contributed by atoms with Crippen LogP contribution in [0.5, 0.6) is 0 Å². The number of nitriles is 1. The second-order valence-corrected chi connectivity index (χ2v) is 5.07. The molecule has 2 rings (SSSR count). The van der Waals surface area contributed by atoms with Crippen molar-refractivity contribution in [2.75, 3.05) is 0 Å². The molecule has 0 aromatic heterocycles. The number of hydrogen-bond acceptors (Lipinski definition) is 6. The van der Waals surface area contributed by atoms with Crippen LogP contribution < -0.4 is 16.8 Å². The van der Waals surface area contributed by atoms with Crippen molar-refractivity contribution in [1.82, 2.24) is 5.32 Å². The fourth-order valence-corrected chi connectivity index (χ4v) is 2.71. The van der Waals surface area contributed by atoms with Crippen molar-refractivity contribution in [2.24, 2.45) is 17.4 Å². The summed E-state index contributed by atoms with van der Waals surface area (Å²) >= 11 is 5.08. The van der Waals surface area contributed by atoms with E-state index in [0.29, 0.717) is 5.56 Å². The molecular formula is C13H11N5O3S. The van der Waals surface area contributed by atoms with Crippen molar-refractivity contribution < 1.29 is 9.72 Å². The van der Waals surface area contributed by atoms with Gasteiger partial charge in [0, 0.05) is 18.1 Å². The van der Waals surface area contributed by atoms with Gasteiger partial charge in [-0.15, -0.1) is 0 Å². The Hall–Kier alpha value is -2.99. The van der Waals surface area contributed by atoms with Crippen molar-refractivity contribution in [2.45, 2.75) is 5.92 Å². The minimum Gasteiger partial charge on any atom is -0.384 e. The highest BCUT2D eigenvalue weighted by Gasteiger charge is 2.39. The van der Waals surface area contributed by atoms with Crippen molar-refractivity contribution >= 4 is 28.8 Å². The van der Waals surface area contributed by atoms with Gasteiger partial charge >= 0.3 is 0 Å². The highest BCUT2D eigenvalue weighted by Crippen LogP contribution is 2.36. The van der Waals surface area contributed by atoms with Crippen LogP contribution in [-0.2, 0) is 4.79 Å². The summed E-state index contributed by atoms with van der Waals surface area (Å²) < 4.78 is 0. The first-order chi connectivity index (χ1) is 10.4. The number of primary amides is 1. The Morgan fingerprint density at radius 1 is 1.41 bits per heavy atom. The van der Waals surface area contributed by atoms with Crippen LogP contribution in [0, 0.1) is 27.4 Å².